The molecule has 0 spiro atoms. The second kappa shape index (κ2) is 7.12. The Morgan fingerprint density at radius 1 is 1.04 bits per heavy atom. The molecule has 5 rings (SSSR count). The molecule has 5 nitrogen and oxygen atoms in total. The van der Waals surface area contributed by atoms with Gasteiger partial charge in [0.25, 0.3) is 5.91 Å². The second-order valence-corrected chi connectivity index (χ2v) is 7.50. The van der Waals surface area contributed by atoms with E-state index in [0.717, 1.165) is 37.7 Å². The molecule has 142 valence electrons. The molecule has 4 aliphatic rings. The van der Waals surface area contributed by atoms with Crippen LogP contribution >= 0.6 is 0 Å². The molecule has 2 bridgehead atoms. The summed E-state index contributed by atoms with van der Waals surface area (Å²) < 4.78 is 33.2. The minimum atomic E-state index is -0.869. The molecule has 4 aliphatic heterocycles. The van der Waals surface area contributed by atoms with Gasteiger partial charge in [0, 0.05) is 50.9 Å². The van der Waals surface area contributed by atoms with Gasteiger partial charge in [0.15, 0.2) is 0 Å². The van der Waals surface area contributed by atoms with Crippen LogP contribution in [-0.2, 0) is 0 Å². The van der Waals surface area contributed by atoms with Gasteiger partial charge in [-0.25, -0.2) is 8.78 Å². The summed E-state index contributed by atoms with van der Waals surface area (Å²) in [6.45, 7) is 6.06. The summed E-state index contributed by atoms with van der Waals surface area (Å²) in [7, 11) is 1.34. The van der Waals surface area contributed by atoms with E-state index in [1.165, 1.54) is 33.0 Å². The molecular weight excluding hydrogens is 340 g/mol. The summed E-state index contributed by atoms with van der Waals surface area (Å²) in [5.74, 6) is -1.49. The molecule has 4 fully saturated rings. The lowest BCUT2D eigenvalue weighted by Gasteiger charge is -2.51. The number of piperazine rings is 1. The van der Waals surface area contributed by atoms with Crippen molar-refractivity contribution in [2.24, 2.45) is 5.92 Å². The fourth-order valence-corrected chi connectivity index (χ4v) is 4.63. The zero-order valence-corrected chi connectivity index (χ0v) is 15.1. The largest absolute Gasteiger partial charge is 0.497 e. The van der Waals surface area contributed by atoms with E-state index in [9.17, 15) is 13.6 Å². The lowest BCUT2D eigenvalue weighted by Crippen LogP contribution is -2.61. The standard InChI is InChI=1S/C19H25F2N3O2/c1-26-14-10-15(20)18(16(21)11-14)19(25)24-8-6-23(7-9-24)17-12-22-4-2-13(17)3-5-22/h10-11,13,17H,2-9,12H2,1H3/t17-/m0/s1. The molecule has 1 atom stereocenters. The third-order valence-corrected chi connectivity index (χ3v) is 6.16. The van der Waals surface area contributed by atoms with Gasteiger partial charge in [0.1, 0.15) is 22.9 Å². The summed E-state index contributed by atoms with van der Waals surface area (Å²) >= 11 is 0. The Bertz CT molecular complexity index is 660. The zero-order chi connectivity index (χ0) is 18.3. The highest BCUT2D eigenvalue weighted by molar-refractivity contribution is 5.95. The molecule has 1 aromatic rings. The van der Waals surface area contributed by atoms with E-state index in [2.05, 4.69) is 9.80 Å². The summed E-state index contributed by atoms with van der Waals surface area (Å²) in [5.41, 5.74) is -0.484. The highest BCUT2D eigenvalue weighted by Crippen LogP contribution is 2.31. The Morgan fingerprint density at radius 2 is 1.65 bits per heavy atom. The van der Waals surface area contributed by atoms with Crippen LogP contribution in [0.5, 0.6) is 5.75 Å². The minimum absolute atomic E-state index is 0.0729. The third kappa shape index (κ3) is 3.18. The van der Waals surface area contributed by atoms with Crippen LogP contribution in [-0.4, -0.2) is 79.6 Å². The average Bonchev–Trinajstić information content (AvgIpc) is 2.68. The number of amides is 1. The van der Waals surface area contributed by atoms with Crippen LogP contribution in [0.2, 0.25) is 0 Å². The van der Waals surface area contributed by atoms with Gasteiger partial charge in [-0.15, -0.1) is 0 Å². The van der Waals surface area contributed by atoms with Crippen LogP contribution in [0.4, 0.5) is 8.78 Å². The number of hydrogen-bond acceptors (Lipinski definition) is 4. The van der Waals surface area contributed by atoms with E-state index in [0.29, 0.717) is 19.1 Å². The van der Waals surface area contributed by atoms with Crippen LogP contribution in [0.1, 0.15) is 23.2 Å². The smallest absolute Gasteiger partial charge is 0.259 e. The Labute approximate surface area is 152 Å². The van der Waals surface area contributed by atoms with Gasteiger partial charge in [-0.3, -0.25) is 9.69 Å². The number of carbonyl (C=O) groups excluding carboxylic acids is 1. The van der Waals surface area contributed by atoms with Crippen molar-refractivity contribution in [2.45, 2.75) is 18.9 Å². The third-order valence-electron chi connectivity index (χ3n) is 6.16. The van der Waals surface area contributed by atoms with Crippen molar-refractivity contribution >= 4 is 5.91 Å². The van der Waals surface area contributed by atoms with Gasteiger partial charge in [0.05, 0.1) is 7.11 Å². The van der Waals surface area contributed by atoms with Crippen molar-refractivity contribution in [3.05, 3.63) is 29.3 Å². The first-order valence-corrected chi connectivity index (χ1v) is 9.35. The maximum atomic E-state index is 14.2. The molecule has 4 saturated heterocycles. The highest BCUT2D eigenvalue weighted by atomic mass is 19.1. The SMILES string of the molecule is COc1cc(F)c(C(=O)N2CCN([C@H]3CN4CCC3CC4)CC2)c(F)c1. The van der Waals surface area contributed by atoms with E-state index in [4.69, 9.17) is 4.74 Å². The molecule has 4 heterocycles. The molecule has 0 saturated carbocycles. The number of benzene rings is 1. The van der Waals surface area contributed by atoms with Crippen molar-refractivity contribution in [3.63, 3.8) is 0 Å². The number of carbonyl (C=O) groups is 1. The fourth-order valence-electron chi connectivity index (χ4n) is 4.63. The highest BCUT2D eigenvalue weighted by Gasteiger charge is 2.39. The number of halogens is 2. The van der Waals surface area contributed by atoms with Gasteiger partial charge in [0.2, 0.25) is 0 Å². The van der Waals surface area contributed by atoms with E-state index >= 15 is 0 Å². The van der Waals surface area contributed by atoms with Crippen LogP contribution < -0.4 is 4.74 Å². The maximum Gasteiger partial charge on any atom is 0.259 e. The number of hydrogen-bond donors (Lipinski definition) is 0. The first-order chi connectivity index (χ1) is 12.6. The number of fused-ring (bicyclic) bond motifs is 3. The van der Waals surface area contributed by atoms with Crippen molar-refractivity contribution in [2.75, 3.05) is 52.9 Å². The monoisotopic (exact) mass is 365 g/mol. The van der Waals surface area contributed by atoms with Gasteiger partial charge < -0.3 is 14.5 Å². The predicted molar refractivity (Wildman–Crippen MR) is 93.3 cm³/mol. The van der Waals surface area contributed by atoms with Crippen molar-refractivity contribution < 1.29 is 18.3 Å². The lowest BCUT2D eigenvalue weighted by atomic mass is 9.83. The molecule has 0 unspecified atom stereocenters. The maximum absolute atomic E-state index is 14.2. The first kappa shape index (κ1) is 17.7. The normalized spacial score (nSPS) is 29.0. The van der Waals surface area contributed by atoms with E-state index < -0.39 is 23.1 Å². The van der Waals surface area contributed by atoms with Gasteiger partial charge in [-0.1, -0.05) is 0 Å². The molecular formula is C19H25F2N3O2. The predicted octanol–water partition coefficient (Wildman–Crippen LogP) is 1.83. The first-order valence-electron chi connectivity index (χ1n) is 9.35. The minimum Gasteiger partial charge on any atom is -0.497 e. The van der Waals surface area contributed by atoms with E-state index in [-0.39, 0.29) is 5.75 Å². The number of rotatable bonds is 3. The number of piperidine rings is 3. The molecule has 0 N–H and O–H groups in total. The van der Waals surface area contributed by atoms with Gasteiger partial charge in [-0.2, -0.15) is 0 Å². The van der Waals surface area contributed by atoms with Crippen molar-refractivity contribution in [3.8, 4) is 5.75 Å². The Balaban J connectivity index is 1.41. The quantitative estimate of drug-likeness (QED) is 0.819. The zero-order valence-electron chi connectivity index (χ0n) is 15.1. The number of methoxy groups -OCH3 is 1. The molecule has 7 heteroatoms. The summed E-state index contributed by atoms with van der Waals surface area (Å²) in [4.78, 5) is 19.2. The molecule has 1 amide bonds. The number of nitrogens with zero attached hydrogens (tertiary/aromatic N) is 3. The summed E-state index contributed by atoms with van der Waals surface area (Å²) in [5, 5.41) is 0. The van der Waals surface area contributed by atoms with Crippen LogP contribution in [0.25, 0.3) is 0 Å². The molecule has 26 heavy (non-hydrogen) atoms. The Morgan fingerprint density at radius 3 is 2.15 bits per heavy atom. The summed E-state index contributed by atoms with van der Waals surface area (Å²) in [6.07, 6.45) is 2.51. The molecule has 1 aromatic carbocycles. The van der Waals surface area contributed by atoms with Crippen LogP contribution in [0.3, 0.4) is 0 Å². The molecule has 0 aliphatic carbocycles. The number of ether oxygens (including phenoxy) is 1. The summed E-state index contributed by atoms with van der Waals surface area (Å²) in [6, 6.07) is 2.67. The van der Waals surface area contributed by atoms with Gasteiger partial charge >= 0.3 is 0 Å². The second-order valence-electron chi connectivity index (χ2n) is 7.50. The van der Waals surface area contributed by atoms with Crippen molar-refractivity contribution in [1.82, 2.24) is 14.7 Å². The van der Waals surface area contributed by atoms with Crippen molar-refractivity contribution in [1.29, 1.82) is 0 Å². The molecule has 0 radical (unpaired) electrons. The van der Waals surface area contributed by atoms with Crippen LogP contribution in [0, 0.1) is 17.6 Å². The Hall–Kier alpha value is -1.73. The Kier molecular flexibility index (Phi) is 4.84. The van der Waals surface area contributed by atoms with E-state index in [1.807, 2.05) is 0 Å². The lowest BCUT2D eigenvalue weighted by molar-refractivity contribution is -0.0132. The fraction of sp³-hybridized carbons (Fsp3) is 0.632. The van der Waals surface area contributed by atoms with E-state index in [1.54, 1.807) is 4.90 Å². The van der Waals surface area contributed by atoms with Gasteiger partial charge in [-0.05, 0) is 31.8 Å². The molecule has 0 aromatic heterocycles. The van der Waals surface area contributed by atoms with Crippen LogP contribution in [0.15, 0.2) is 12.1 Å². The average molecular weight is 365 g/mol. The topological polar surface area (TPSA) is 36.0 Å².